The van der Waals surface area contributed by atoms with Gasteiger partial charge in [0, 0.05) is 18.5 Å². The van der Waals surface area contributed by atoms with E-state index in [9.17, 15) is 12.8 Å². The van der Waals surface area contributed by atoms with Crippen molar-refractivity contribution in [3.63, 3.8) is 0 Å². The van der Waals surface area contributed by atoms with E-state index >= 15 is 0 Å². The van der Waals surface area contributed by atoms with Crippen molar-refractivity contribution in [2.24, 2.45) is 0 Å². The van der Waals surface area contributed by atoms with Crippen LogP contribution in [-0.4, -0.2) is 32.0 Å². The van der Waals surface area contributed by atoms with E-state index in [-0.39, 0.29) is 18.0 Å². The van der Waals surface area contributed by atoms with Gasteiger partial charge in [-0.2, -0.15) is 4.31 Å². The third-order valence-electron chi connectivity index (χ3n) is 4.73. The molecular formula is C19H22FNO2S. The van der Waals surface area contributed by atoms with Gasteiger partial charge in [0.25, 0.3) is 0 Å². The number of halogens is 1. The zero-order valence-electron chi connectivity index (χ0n) is 13.9. The molecule has 1 heterocycles. The highest BCUT2D eigenvalue weighted by Crippen LogP contribution is 2.37. The molecule has 24 heavy (non-hydrogen) atoms. The zero-order chi connectivity index (χ0) is 17.4. The Morgan fingerprint density at radius 3 is 2.33 bits per heavy atom. The Bertz CT molecular complexity index is 805. The molecule has 3 rings (SSSR count). The maximum atomic E-state index is 14.4. The number of hydrogen-bond acceptors (Lipinski definition) is 2. The summed E-state index contributed by atoms with van der Waals surface area (Å²) in [6.45, 7) is 4.04. The van der Waals surface area contributed by atoms with Crippen LogP contribution in [0, 0.1) is 6.92 Å². The van der Waals surface area contributed by atoms with Gasteiger partial charge in [0.15, 0.2) is 0 Å². The Kier molecular flexibility index (Phi) is 4.49. The smallest absolute Gasteiger partial charge is 0.243 e. The SMILES string of the molecule is Cc1ccc(S(=O)(=O)N2C[C@H](F)C[C@](C)(c3ccccc3)C2)cc1. The van der Waals surface area contributed by atoms with Gasteiger partial charge < -0.3 is 0 Å². The number of aryl methyl sites for hydroxylation is 1. The van der Waals surface area contributed by atoms with Crippen molar-refractivity contribution < 1.29 is 12.8 Å². The first-order chi connectivity index (χ1) is 11.3. The van der Waals surface area contributed by atoms with Crippen LogP contribution in [0.25, 0.3) is 0 Å². The van der Waals surface area contributed by atoms with Crippen LogP contribution in [-0.2, 0) is 15.4 Å². The van der Waals surface area contributed by atoms with E-state index in [2.05, 4.69) is 0 Å². The lowest BCUT2D eigenvalue weighted by molar-refractivity contribution is 0.137. The van der Waals surface area contributed by atoms with Gasteiger partial charge >= 0.3 is 0 Å². The van der Waals surface area contributed by atoms with Crippen LogP contribution in [0.4, 0.5) is 4.39 Å². The van der Waals surface area contributed by atoms with Gasteiger partial charge in [-0.25, -0.2) is 12.8 Å². The summed E-state index contributed by atoms with van der Waals surface area (Å²) in [6.07, 6.45) is -0.846. The van der Waals surface area contributed by atoms with Crippen molar-refractivity contribution in [2.75, 3.05) is 13.1 Å². The topological polar surface area (TPSA) is 37.4 Å². The molecule has 0 saturated carbocycles. The average Bonchev–Trinajstić information content (AvgIpc) is 2.55. The van der Waals surface area contributed by atoms with Gasteiger partial charge in [-0.3, -0.25) is 0 Å². The summed E-state index contributed by atoms with van der Waals surface area (Å²) in [6, 6.07) is 16.3. The van der Waals surface area contributed by atoms with Crippen LogP contribution in [0.2, 0.25) is 0 Å². The van der Waals surface area contributed by atoms with Gasteiger partial charge in [-0.05, 0) is 31.0 Å². The van der Waals surface area contributed by atoms with Gasteiger partial charge in [0.2, 0.25) is 10.0 Å². The van der Waals surface area contributed by atoms with Crippen LogP contribution in [0.1, 0.15) is 24.5 Å². The van der Waals surface area contributed by atoms with Crippen LogP contribution in [0.5, 0.6) is 0 Å². The third-order valence-corrected chi connectivity index (χ3v) is 6.55. The first-order valence-electron chi connectivity index (χ1n) is 8.08. The quantitative estimate of drug-likeness (QED) is 0.849. The molecule has 1 aliphatic rings. The monoisotopic (exact) mass is 347 g/mol. The van der Waals surface area contributed by atoms with Crippen LogP contribution in [0.15, 0.2) is 59.5 Å². The Balaban J connectivity index is 1.95. The van der Waals surface area contributed by atoms with Crippen LogP contribution < -0.4 is 0 Å². The molecule has 2 aromatic carbocycles. The maximum Gasteiger partial charge on any atom is 0.243 e. The summed E-state index contributed by atoms with van der Waals surface area (Å²) < 4.78 is 41.6. The number of benzene rings is 2. The van der Waals surface area contributed by atoms with E-state index < -0.39 is 21.6 Å². The number of piperidine rings is 1. The molecule has 1 saturated heterocycles. The molecule has 0 aromatic heterocycles. The molecule has 3 nitrogen and oxygen atoms in total. The maximum absolute atomic E-state index is 14.4. The van der Waals surface area contributed by atoms with E-state index in [1.165, 1.54) is 4.31 Å². The minimum atomic E-state index is -3.70. The molecular weight excluding hydrogens is 325 g/mol. The summed E-state index contributed by atoms with van der Waals surface area (Å²) in [4.78, 5) is 0.220. The fourth-order valence-electron chi connectivity index (χ4n) is 3.38. The van der Waals surface area contributed by atoms with E-state index in [0.717, 1.165) is 11.1 Å². The van der Waals surface area contributed by atoms with Gasteiger partial charge in [-0.15, -0.1) is 0 Å². The molecule has 0 spiro atoms. The molecule has 0 amide bonds. The summed E-state index contributed by atoms with van der Waals surface area (Å²) in [7, 11) is -3.70. The van der Waals surface area contributed by atoms with Gasteiger partial charge in [0.05, 0.1) is 4.90 Å². The molecule has 2 aromatic rings. The number of sulfonamides is 1. The van der Waals surface area contributed by atoms with Crippen molar-refractivity contribution in [3.05, 3.63) is 65.7 Å². The Hall–Kier alpha value is -1.72. The Labute approximate surface area is 143 Å². The second-order valence-electron chi connectivity index (χ2n) is 6.84. The fourth-order valence-corrected chi connectivity index (χ4v) is 4.98. The second-order valence-corrected chi connectivity index (χ2v) is 8.78. The molecule has 0 radical (unpaired) electrons. The molecule has 1 aliphatic heterocycles. The van der Waals surface area contributed by atoms with E-state index in [0.29, 0.717) is 6.42 Å². The van der Waals surface area contributed by atoms with Crippen molar-refractivity contribution in [1.82, 2.24) is 4.31 Å². The first-order valence-corrected chi connectivity index (χ1v) is 9.52. The summed E-state index contributed by atoms with van der Waals surface area (Å²) in [5.74, 6) is 0. The minimum absolute atomic E-state index is 0.0847. The number of hydrogen-bond donors (Lipinski definition) is 0. The molecule has 0 unspecified atom stereocenters. The fraction of sp³-hybridized carbons (Fsp3) is 0.368. The number of alkyl halides is 1. The van der Waals surface area contributed by atoms with Crippen LogP contribution >= 0.6 is 0 Å². The predicted octanol–water partition coefficient (Wildman–Crippen LogP) is 3.69. The molecule has 0 N–H and O–H groups in total. The van der Waals surface area contributed by atoms with Crippen LogP contribution in [0.3, 0.4) is 0 Å². The minimum Gasteiger partial charge on any atom is -0.246 e. The van der Waals surface area contributed by atoms with E-state index in [1.54, 1.807) is 24.3 Å². The molecule has 128 valence electrons. The summed E-state index contributed by atoms with van der Waals surface area (Å²) >= 11 is 0. The average molecular weight is 347 g/mol. The normalized spacial score (nSPS) is 25.5. The Morgan fingerprint density at radius 2 is 1.71 bits per heavy atom. The largest absolute Gasteiger partial charge is 0.246 e. The van der Waals surface area contributed by atoms with Crippen molar-refractivity contribution in [2.45, 2.75) is 36.8 Å². The van der Waals surface area contributed by atoms with Gasteiger partial charge in [0.1, 0.15) is 6.17 Å². The molecule has 1 fully saturated rings. The predicted molar refractivity (Wildman–Crippen MR) is 93.2 cm³/mol. The molecule has 2 atom stereocenters. The molecule has 0 bridgehead atoms. The van der Waals surface area contributed by atoms with Crippen molar-refractivity contribution >= 4 is 10.0 Å². The van der Waals surface area contributed by atoms with Gasteiger partial charge in [-0.1, -0.05) is 55.0 Å². The van der Waals surface area contributed by atoms with Crippen molar-refractivity contribution in [1.29, 1.82) is 0 Å². The summed E-state index contributed by atoms with van der Waals surface area (Å²) in [5, 5.41) is 0. The summed E-state index contributed by atoms with van der Waals surface area (Å²) in [5.41, 5.74) is 1.43. The zero-order valence-corrected chi connectivity index (χ0v) is 14.8. The molecule has 5 heteroatoms. The third kappa shape index (κ3) is 3.23. The standard InChI is InChI=1S/C19H22FNO2S/c1-15-8-10-18(11-9-15)24(22,23)21-13-17(20)12-19(2,14-21)16-6-4-3-5-7-16/h3-11,17H,12-14H2,1-2H3/t17-,19+/m1/s1. The highest BCUT2D eigenvalue weighted by Gasteiger charge is 2.42. The first kappa shape index (κ1) is 17.1. The Morgan fingerprint density at radius 1 is 1.08 bits per heavy atom. The number of rotatable bonds is 3. The lowest BCUT2D eigenvalue weighted by Gasteiger charge is -2.41. The van der Waals surface area contributed by atoms with E-state index in [4.69, 9.17) is 0 Å². The number of nitrogens with zero attached hydrogens (tertiary/aromatic N) is 1. The molecule has 0 aliphatic carbocycles. The lowest BCUT2D eigenvalue weighted by atomic mass is 9.76. The second kappa shape index (κ2) is 6.30. The lowest BCUT2D eigenvalue weighted by Crippen LogP contribution is -2.51. The highest BCUT2D eigenvalue weighted by atomic mass is 32.2. The van der Waals surface area contributed by atoms with Crippen molar-refractivity contribution in [3.8, 4) is 0 Å². The van der Waals surface area contributed by atoms with E-state index in [1.807, 2.05) is 44.2 Å². The highest BCUT2D eigenvalue weighted by molar-refractivity contribution is 7.89.